The summed E-state index contributed by atoms with van der Waals surface area (Å²) in [7, 11) is 0. The van der Waals surface area contributed by atoms with Crippen LogP contribution in [-0.4, -0.2) is 12.6 Å². The maximum Gasteiger partial charge on any atom is 0.310 e. The van der Waals surface area contributed by atoms with E-state index in [1.807, 2.05) is 6.92 Å². The van der Waals surface area contributed by atoms with E-state index < -0.39 is 11.8 Å². The number of rotatable bonds is 5. The number of hydrogen-bond donors (Lipinski definition) is 0. The minimum atomic E-state index is -0.494. The molecule has 3 nitrogen and oxygen atoms in total. The Morgan fingerprint density at radius 1 is 1.39 bits per heavy atom. The first-order valence-electron chi connectivity index (χ1n) is 5.95. The molecule has 0 fully saturated rings. The minimum Gasteiger partial charge on any atom is -0.466 e. The van der Waals surface area contributed by atoms with Gasteiger partial charge in [0.2, 0.25) is 0 Å². The zero-order chi connectivity index (χ0) is 13.5. The van der Waals surface area contributed by atoms with Crippen LogP contribution in [-0.2, 0) is 9.53 Å². The van der Waals surface area contributed by atoms with Gasteiger partial charge in [-0.05, 0) is 31.0 Å². The molecule has 2 unspecified atom stereocenters. The van der Waals surface area contributed by atoms with Crippen molar-refractivity contribution in [2.45, 2.75) is 26.2 Å². The molecule has 18 heavy (non-hydrogen) atoms. The summed E-state index contributed by atoms with van der Waals surface area (Å²) in [6.45, 7) is 3.96. The molecule has 4 heteroatoms. The lowest BCUT2D eigenvalue weighted by atomic mass is 9.85. The van der Waals surface area contributed by atoms with Gasteiger partial charge in [-0.2, -0.15) is 5.26 Å². The highest BCUT2D eigenvalue weighted by atomic mass is 35.5. The van der Waals surface area contributed by atoms with Crippen LogP contribution in [0.15, 0.2) is 24.3 Å². The zero-order valence-corrected chi connectivity index (χ0v) is 11.3. The normalized spacial score (nSPS) is 13.4. The largest absolute Gasteiger partial charge is 0.466 e. The van der Waals surface area contributed by atoms with Gasteiger partial charge in [-0.25, -0.2) is 0 Å². The molecule has 96 valence electrons. The summed E-state index contributed by atoms with van der Waals surface area (Å²) in [4.78, 5) is 11.8. The third-order valence-electron chi connectivity index (χ3n) is 2.80. The standard InChI is InChI=1S/C14H16ClNO2/c1-3-12(14(17)18-4-2)13(9-16)10-5-7-11(15)8-6-10/h5-8,12-13H,3-4H2,1-2H3. The van der Waals surface area contributed by atoms with Crippen molar-refractivity contribution in [2.75, 3.05) is 6.61 Å². The van der Waals surface area contributed by atoms with Gasteiger partial charge in [0.15, 0.2) is 0 Å². The fourth-order valence-corrected chi connectivity index (χ4v) is 1.98. The molecule has 0 saturated carbocycles. The van der Waals surface area contributed by atoms with E-state index in [4.69, 9.17) is 16.3 Å². The summed E-state index contributed by atoms with van der Waals surface area (Å²) in [6, 6.07) is 9.18. The summed E-state index contributed by atoms with van der Waals surface area (Å²) in [5, 5.41) is 9.89. The first-order chi connectivity index (χ1) is 8.63. The minimum absolute atomic E-state index is 0.318. The summed E-state index contributed by atoms with van der Waals surface area (Å²) in [5.41, 5.74) is 0.793. The number of nitrogens with zero attached hydrogens (tertiary/aromatic N) is 1. The third-order valence-corrected chi connectivity index (χ3v) is 3.05. The lowest BCUT2D eigenvalue weighted by Gasteiger charge is -2.19. The number of carbonyl (C=O) groups is 1. The van der Waals surface area contributed by atoms with E-state index in [0.717, 1.165) is 5.56 Å². The van der Waals surface area contributed by atoms with Crippen LogP contribution in [0.1, 0.15) is 31.7 Å². The van der Waals surface area contributed by atoms with Crippen LogP contribution in [0.4, 0.5) is 0 Å². The van der Waals surface area contributed by atoms with Gasteiger partial charge in [0.25, 0.3) is 0 Å². The number of esters is 1. The molecule has 2 atom stereocenters. The first-order valence-corrected chi connectivity index (χ1v) is 6.33. The van der Waals surface area contributed by atoms with Crippen LogP contribution in [0.2, 0.25) is 5.02 Å². The number of carbonyl (C=O) groups excluding carboxylic acids is 1. The van der Waals surface area contributed by atoms with Crippen LogP contribution >= 0.6 is 11.6 Å². The van der Waals surface area contributed by atoms with Crippen molar-refractivity contribution in [3.8, 4) is 6.07 Å². The predicted octanol–water partition coefficient (Wildman–Crippen LogP) is 3.54. The highest BCUT2D eigenvalue weighted by Crippen LogP contribution is 2.28. The number of hydrogen-bond acceptors (Lipinski definition) is 3. The van der Waals surface area contributed by atoms with Crippen molar-refractivity contribution in [1.29, 1.82) is 5.26 Å². The molecular formula is C14H16ClNO2. The monoisotopic (exact) mass is 265 g/mol. The van der Waals surface area contributed by atoms with Crippen molar-refractivity contribution in [3.05, 3.63) is 34.9 Å². The van der Waals surface area contributed by atoms with Crippen molar-refractivity contribution >= 4 is 17.6 Å². The van der Waals surface area contributed by atoms with Gasteiger partial charge < -0.3 is 4.74 Å². The molecular weight excluding hydrogens is 250 g/mol. The molecule has 0 aromatic heterocycles. The Hall–Kier alpha value is -1.53. The summed E-state index contributed by atoms with van der Waals surface area (Å²) >= 11 is 5.81. The average molecular weight is 266 g/mol. The summed E-state index contributed by atoms with van der Waals surface area (Å²) in [6.07, 6.45) is 0.569. The van der Waals surface area contributed by atoms with E-state index >= 15 is 0 Å². The van der Waals surface area contributed by atoms with E-state index in [2.05, 4.69) is 6.07 Å². The maximum atomic E-state index is 11.8. The van der Waals surface area contributed by atoms with E-state index in [1.54, 1.807) is 31.2 Å². The van der Waals surface area contributed by atoms with Crippen molar-refractivity contribution < 1.29 is 9.53 Å². The average Bonchev–Trinajstić information content (AvgIpc) is 2.37. The molecule has 0 aliphatic rings. The molecule has 0 heterocycles. The van der Waals surface area contributed by atoms with E-state index in [1.165, 1.54) is 0 Å². The molecule has 0 bridgehead atoms. The number of nitriles is 1. The Balaban J connectivity index is 2.97. The molecule has 0 saturated heterocycles. The van der Waals surface area contributed by atoms with Crippen molar-refractivity contribution in [1.82, 2.24) is 0 Å². The molecule has 0 radical (unpaired) electrons. The Morgan fingerprint density at radius 3 is 2.44 bits per heavy atom. The van der Waals surface area contributed by atoms with E-state index in [-0.39, 0.29) is 5.97 Å². The molecule has 0 spiro atoms. The Morgan fingerprint density at radius 2 is 2.00 bits per heavy atom. The second kappa shape index (κ2) is 7.03. The molecule has 1 aromatic rings. The maximum absolute atomic E-state index is 11.8. The second-order valence-corrected chi connectivity index (χ2v) is 4.36. The summed E-state index contributed by atoms with van der Waals surface area (Å²) in [5.74, 6) is -1.25. The molecule has 0 amide bonds. The number of ether oxygens (including phenoxy) is 1. The van der Waals surface area contributed by atoms with Crippen LogP contribution in [0.5, 0.6) is 0 Å². The van der Waals surface area contributed by atoms with Crippen LogP contribution in [0.3, 0.4) is 0 Å². The van der Waals surface area contributed by atoms with Gasteiger partial charge in [0.05, 0.1) is 24.5 Å². The van der Waals surface area contributed by atoms with Gasteiger partial charge in [-0.1, -0.05) is 30.7 Å². The third kappa shape index (κ3) is 3.48. The van der Waals surface area contributed by atoms with Gasteiger partial charge >= 0.3 is 5.97 Å². The molecule has 1 rings (SSSR count). The Labute approximate surface area is 112 Å². The van der Waals surface area contributed by atoms with Crippen LogP contribution < -0.4 is 0 Å². The topological polar surface area (TPSA) is 50.1 Å². The first kappa shape index (κ1) is 14.5. The van der Waals surface area contributed by atoms with Gasteiger partial charge in [-0.15, -0.1) is 0 Å². The SMILES string of the molecule is CCOC(=O)C(CC)C(C#N)c1ccc(Cl)cc1. The highest BCUT2D eigenvalue weighted by molar-refractivity contribution is 6.30. The van der Waals surface area contributed by atoms with Crippen LogP contribution in [0.25, 0.3) is 0 Å². The summed E-state index contributed by atoms with van der Waals surface area (Å²) < 4.78 is 5.01. The predicted molar refractivity (Wildman–Crippen MR) is 70.2 cm³/mol. The van der Waals surface area contributed by atoms with Gasteiger partial charge in [0.1, 0.15) is 0 Å². The van der Waals surface area contributed by atoms with Gasteiger partial charge in [-0.3, -0.25) is 4.79 Å². The van der Waals surface area contributed by atoms with Crippen LogP contribution in [0, 0.1) is 17.2 Å². The number of halogens is 1. The molecule has 0 aliphatic heterocycles. The van der Waals surface area contributed by atoms with Crippen molar-refractivity contribution in [2.24, 2.45) is 5.92 Å². The lowest BCUT2D eigenvalue weighted by Crippen LogP contribution is -2.23. The Kier molecular flexibility index (Phi) is 5.67. The Bertz CT molecular complexity index is 436. The fraction of sp³-hybridized carbons (Fsp3) is 0.429. The smallest absolute Gasteiger partial charge is 0.310 e. The van der Waals surface area contributed by atoms with Crippen molar-refractivity contribution in [3.63, 3.8) is 0 Å². The second-order valence-electron chi connectivity index (χ2n) is 3.93. The van der Waals surface area contributed by atoms with Gasteiger partial charge in [0, 0.05) is 5.02 Å². The quantitative estimate of drug-likeness (QED) is 0.765. The number of benzene rings is 1. The fourth-order valence-electron chi connectivity index (χ4n) is 1.85. The zero-order valence-electron chi connectivity index (χ0n) is 10.5. The molecule has 0 aliphatic carbocycles. The molecule has 0 N–H and O–H groups in total. The van der Waals surface area contributed by atoms with E-state index in [9.17, 15) is 10.1 Å². The molecule has 1 aromatic carbocycles. The highest BCUT2D eigenvalue weighted by Gasteiger charge is 2.29. The van der Waals surface area contributed by atoms with E-state index in [0.29, 0.717) is 18.1 Å². The lowest BCUT2D eigenvalue weighted by molar-refractivity contribution is -0.148.